The lowest BCUT2D eigenvalue weighted by Gasteiger charge is -2.30. The van der Waals surface area contributed by atoms with E-state index in [1.165, 1.54) is 0 Å². The summed E-state index contributed by atoms with van der Waals surface area (Å²) in [5.74, 6) is -0.195. The number of carbonyl (C=O) groups is 1. The van der Waals surface area contributed by atoms with E-state index in [0.717, 1.165) is 21.2 Å². The van der Waals surface area contributed by atoms with Crippen LogP contribution in [-0.4, -0.2) is 11.8 Å². The minimum absolute atomic E-state index is 0.0545. The van der Waals surface area contributed by atoms with Crippen molar-refractivity contribution in [3.63, 3.8) is 0 Å². The maximum absolute atomic E-state index is 12.1. The molecule has 0 bridgehead atoms. The maximum atomic E-state index is 12.1. The fourth-order valence-electron chi connectivity index (χ4n) is 2.06. The molecule has 19 heavy (non-hydrogen) atoms. The Hall–Kier alpha value is -1.16. The Balaban J connectivity index is 2.21. The molecule has 0 spiro atoms. The highest BCUT2D eigenvalue weighted by Gasteiger charge is 2.27. The van der Waals surface area contributed by atoms with Crippen molar-refractivity contribution in [3.05, 3.63) is 47.5 Å². The van der Waals surface area contributed by atoms with Crippen LogP contribution in [0.3, 0.4) is 0 Å². The van der Waals surface area contributed by atoms with Gasteiger partial charge in [0.2, 0.25) is 5.91 Å². The summed E-state index contributed by atoms with van der Waals surface area (Å²) in [4.78, 5) is 15.8. The standard InChI is InChI=1S/C14H9Cl2NOS/c15-8-14(18)17-10-3-1-2-4-12(10)19-13-7-9(16)5-6-11(13)17/h1-7H,8H2. The number of fused-ring (bicyclic) bond motifs is 2. The van der Waals surface area contributed by atoms with Gasteiger partial charge >= 0.3 is 0 Å². The second-order valence-electron chi connectivity index (χ2n) is 4.04. The Morgan fingerprint density at radius 2 is 1.84 bits per heavy atom. The van der Waals surface area contributed by atoms with Gasteiger partial charge in [0, 0.05) is 14.8 Å². The molecule has 1 aliphatic rings. The average molecular weight is 310 g/mol. The van der Waals surface area contributed by atoms with Crippen LogP contribution in [0.25, 0.3) is 0 Å². The van der Waals surface area contributed by atoms with Crippen molar-refractivity contribution in [2.24, 2.45) is 0 Å². The summed E-state index contributed by atoms with van der Waals surface area (Å²) < 4.78 is 0. The lowest BCUT2D eigenvalue weighted by Crippen LogP contribution is -2.29. The number of hydrogen-bond acceptors (Lipinski definition) is 2. The summed E-state index contributed by atoms with van der Waals surface area (Å²) in [6.07, 6.45) is 0. The van der Waals surface area contributed by atoms with Crippen LogP contribution in [0.15, 0.2) is 52.3 Å². The number of halogens is 2. The van der Waals surface area contributed by atoms with E-state index >= 15 is 0 Å². The number of para-hydroxylation sites is 1. The van der Waals surface area contributed by atoms with E-state index in [-0.39, 0.29) is 11.8 Å². The highest BCUT2D eigenvalue weighted by atomic mass is 35.5. The fourth-order valence-corrected chi connectivity index (χ4v) is 3.51. The number of hydrogen-bond donors (Lipinski definition) is 0. The Labute approximate surface area is 125 Å². The maximum Gasteiger partial charge on any atom is 0.246 e. The Morgan fingerprint density at radius 3 is 2.63 bits per heavy atom. The zero-order valence-electron chi connectivity index (χ0n) is 9.77. The molecule has 1 aliphatic heterocycles. The van der Waals surface area contributed by atoms with Crippen molar-refractivity contribution < 1.29 is 4.79 Å². The fraction of sp³-hybridized carbons (Fsp3) is 0.0714. The van der Waals surface area contributed by atoms with Gasteiger partial charge in [-0.2, -0.15) is 0 Å². The zero-order valence-corrected chi connectivity index (χ0v) is 12.1. The SMILES string of the molecule is O=C(CCl)N1c2ccccc2Sc2cc(Cl)ccc21. The molecule has 1 heterocycles. The minimum atomic E-state index is -0.141. The second-order valence-corrected chi connectivity index (χ2v) is 5.83. The molecule has 2 aromatic rings. The highest BCUT2D eigenvalue weighted by Crippen LogP contribution is 2.48. The van der Waals surface area contributed by atoms with Crippen molar-refractivity contribution in [1.82, 2.24) is 0 Å². The molecule has 0 radical (unpaired) electrons. The molecular formula is C14H9Cl2NOS. The summed E-state index contributed by atoms with van der Waals surface area (Å²) in [7, 11) is 0. The van der Waals surface area contributed by atoms with Crippen LogP contribution in [0.4, 0.5) is 11.4 Å². The van der Waals surface area contributed by atoms with Gasteiger partial charge in [0.15, 0.2) is 0 Å². The normalized spacial score (nSPS) is 12.8. The first kappa shape index (κ1) is 12.9. The first-order chi connectivity index (χ1) is 9.20. The van der Waals surface area contributed by atoms with Crippen LogP contribution >= 0.6 is 35.0 Å². The predicted molar refractivity (Wildman–Crippen MR) is 79.9 cm³/mol. The molecule has 5 heteroatoms. The van der Waals surface area contributed by atoms with Gasteiger partial charge in [-0.05, 0) is 30.3 Å². The minimum Gasteiger partial charge on any atom is -0.278 e. The van der Waals surface area contributed by atoms with Gasteiger partial charge in [0.05, 0.1) is 11.4 Å². The molecule has 2 aromatic carbocycles. The Morgan fingerprint density at radius 1 is 1.11 bits per heavy atom. The summed E-state index contributed by atoms with van der Waals surface area (Å²) in [6.45, 7) is 0. The number of amides is 1. The lowest BCUT2D eigenvalue weighted by molar-refractivity contribution is -0.115. The summed E-state index contributed by atoms with van der Waals surface area (Å²) in [5, 5.41) is 0.656. The topological polar surface area (TPSA) is 20.3 Å². The summed E-state index contributed by atoms with van der Waals surface area (Å²) >= 11 is 13.4. The molecule has 0 atom stereocenters. The first-order valence-corrected chi connectivity index (χ1v) is 7.39. The van der Waals surface area contributed by atoms with E-state index in [9.17, 15) is 4.79 Å². The number of alkyl halides is 1. The van der Waals surface area contributed by atoms with Crippen LogP contribution < -0.4 is 4.90 Å². The smallest absolute Gasteiger partial charge is 0.246 e. The molecule has 0 saturated carbocycles. The van der Waals surface area contributed by atoms with Crippen LogP contribution in [-0.2, 0) is 4.79 Å². The van der Waals surface area contributed by atoms with E-state index in [1.807, 2.05) is 36.4 Å². The summed E-state index contributed by atoms with van der Waals surface area (Å²) in [6, 6.07) is 13.3. The number of nitrogens with zero attached hydrogens (tertiary/aromatic N) is 1. The molecule has 1 amide bonds. The van der Waals surface area contributed by atoms with Crippen LogP contribution in [0.5, 0.6) is 0 Å². The van der Waals surface area contributed by atoms with Gasteiger partial charge < -0.3 is 0 Å². The average Bonchev–Trinajstić information content (AvgIpc) is 2.43. The van der Waals surface area contributed by atoms with Gasteiger partial charge in [-0.15, -0.1) is 11.6 Å². The summed E-state index contributed by atoms with van der Waals surface area (Å²) in [5.41, 5.74) is 1.70. The van der Waals surface area contributed by atoms with Gasteiger partial charge in [0.25, 0.3) is 0 Å². The van der Waals surface area contributed by atoms with E-state index in [0.29, 0.717) is 5.02 Å². The van der Waals surface area contributed by atoms with Gasteiger partial charge in [-0.3, -0.25) is 9.69 Å². The third-order valence-corrected chi connectivity index (χ3v) is 4.43. The van der Waals surface area contributed by atoms with Crippen molar-refractivity contribution in [2.75, 3.05) is 10.8 Å². The monoisotopic (exact) mass is 309 g/mol. The van der Waals surface area contributed by atoms with Crippen molar-refractivity contribution in [3.8, 4) is 0 Å². The van der Waals surface area contributed by atoms with Crippen LogP contribution in [0.2, 0.25) is 5.02 Å². The molecule has 96 valence electrons. The van der Waals surface area contributed by atoms with Gasteiger partial charge in [0.1, 0.15) is 5.88 Å². The second kappa shape index (κ2) is 5.08. The van der Waals surface area contributed by atoms with E-state index in [1.54, 1.807) is 22.7 Å². The van der Waals surface area contributed by atoms with Crippen LogP contribution in [0.1, 0.15) is 0 Å². The van der Waals surface area contributed by atoms with Crippen molar-refractivity contribution >= 4 is 52.2 Å². The van der Waals surface area contributed by atoms with E-state index in [2.05, 4.69) is 0 Å². The third kappa shape index (κ3) is 2.22. The number of rotatable bonds is 1. The highest BCUT2D eigenvalue weighted by molar-refractivity contribution is 7.99. The predicted octanol–water partition coefficient (Wildman–Crippen LogP) is 4.71. The van der Waals surface area contributed by atoms with Gasteiger partial charge in [-0.25, -0.2) is 0 Å². The largest absolute Gasteiger partial charge is 0.278 e. The molecule has 0 unspecified atom stereocenters. The van der Waals surface area contributed by atoms with E-state index < -0.39 is 0 Å². The Bertz CT molecular complexity index is 660. The molecule has 0 fully saturated rings. The van der Waals surface area contributed by atoms with E-state index in [4.69, 9.17) is 23.2 Å². The molecular weight excluding hydrogens is 301 g/mol. The third-order valence-electron chi connectivity index (χ3n) is 2.85. The zero-order chi connectivity index (χ0) is 13.4. The molecule has 0 aromatic heterocycles. The quantitative estimate of drug-likeness (QED) is 0.711. The number of benzene rings is 2. The molecule has 0 saturated heterocycles. The van der Waals surface area contributed by atoms with Gasteiger partial charge in [-0.1, -0.05) is 35.5 Å². The molecule has 3 rings (SSSR count). The molecule has 0 N–H and O–H groups in total. The Kier molecular flexibility index (Phi) is 3.44. The van der Waals surface area contributed by atoms with Crippen LogP contribution in [0, 0.1) is 0 Å². The number of carbonyl (C=O) groups excluding carboxylic acids is 1. The van der Waals surface area contributed by atoms with Crippen molar-refractivity contribution in [1.29, 1.82) is 0 Å². The molecule has 2 nitrogen and oxygen atoms in total. The molecule has 0 aliphatic carbocycles. The first-order valence-electron chi connectivity index (χ1n) is 5.66. The van der Waals surface area contributed by atoms with Crippen molar-refractivity contribution in [2.45, 2.75) is 9.79 Å². The number of anilines is 2. The lowest BCUT2D eigenvalue weighted by atomic mass is 10.2.